The van der Waals surface area contributed by atoms with E-state index in [2.05, 4.69) is 5.16 Å². The summed E-state index contributed by atoms with van der Waals surface area (Å²) in [6.45, 7) is 6.59. The molecule has 0 aliphatic carbocycles. The third-order valence-electron chi connectivity index (χ3n) is 3.79. The number of amides is 2. The molecule has 132 valence electrons. The molecule has 7 nitrogen and oxygen atoms in total. The summed E-state index contributed by atoms with van der Waals surface area (Å²) in [6, 6.07) is 9.05. The van der Waals surface area contributed by atoms with Gasteiger partial charge >= 0.3 is 6.09 Å². The van der Waals surface area contributed by atoms with E-state index in [0.29, 0.717) is 19.6 Å². The van der Waals surface area contributed by atoms with E-state index in [-0.39, 0.29) is 11.6 Å². The zero-order valence-electron chi connectivity index (χ0n) is 14.6. The molecule has 0 saturated carbocycles. The van der Waals surface area contributed by atoms with Gasteiger partial charge in [0.25, 0.3) is 5.91 Å². The fourth-order valence-corrected chi connectivity index (χ4v) is 2.69. The lowest BCUT2D eigenvalue weighted by molar-refractivity contribution is 0.0242. The SMILES string of the molecule is CC(C)(C)OC(=O)N1CCN(C(=O)c2ccon2)c2ccccc2C1. The molecule has 7 heteroatoms. The molecule has 0 unspecified atom stereocenters. The highest BCUT2D eigenvalue weighted by Gasteiger charge is 2.30. The van der Waals surface area contributed by atoms with Gasteiger partial charge in [-0.05, 0) is 32.4 Å². The monoisotopic (exact) mass is 343 g/mol. The Bertz CT molecular complexity index is 765. The van der Waals surface area contributed by atoms with Crippen molar-refractivity contribution in [2.75, 3.05) is 18.0 Å². The summed E-state index contributed by atoms with van der Waals surface area (Å²) in [5.74, 6) is -0.257. The third-order valence-corrected chi connectivity index (χ3v) is 3.79. The summed E-state index contributed by atoms with van der Waals surface area (Å²) in [5, 5.41) is 3.73. The molecule has 0 N–H and O–H groups in total. The summed E-state index contributed by atoms with van der Waals surface area (Å²) in [5.41, 5.74) is 1.31. The Morgan fingerprint density at radius 3 is 2.60 bits per heavy atom. The molecule has 2 aromatic rings. The second-order valence-corrected chi connectivity index (χ2v) is 6.87. The Balaban J connectivity index is 1.88. The topological polar surface area (TPSA) is 75.9 Å². The number of carbonyl (C=O) groups excluding carboxylic acids is 2. The van der Waals surface area contributed by atoms with Crippen molar-refractivity contribution in [3.63, 3.8) is 0 Å². The molecule has 3 rings (SSSR count). The van der Waals surface area contributed by atoms with Crippen LogP contribution in [0.2, 0.25) is 0 Å². The van der Waals surface area contributed by atoms with Gasteiger partial charge in [-0.3, -0.25) is 4.79 Å². The number of rotatable bonds is 1. The predicted molar refractivity (Wildman–Crippen MR) is 91.3 cm³/mol. The Hall–Kier alpha value is -2.83. The van der Waals surface area contributed by atoms with Gasteiger partial charge < -0.3 is 19.1 Å². The molecule has 1 aromatic heterocycles. The number of hydrogen-bond acceptors (Lipinski definition) is 5. The highest BCUT2D eigenvalue weighted by Crippen LogP contribution is 2.27. The first-order valence-electron chi connectivity index (χ1n) is 8.13. The van der Waals surface area contributed by atoms with Crippen molar-refractivity contribution >= 4 is 17.7 Å². The lowest BCUT2D eigenvalue weighted by Gasteiger charge is -2.26. The standard InChI is InChI=1S/C18H21N3O4/c1-18(2,3)25-17(23)20-9-10-21(16(22)14-8-11-24-19-14)15-7-5-4-6-13(15)12-20/h4-8,11H,9-10,12H2,1-3H3. The average molecular weight is 343 g/mol. The second kappa shape index (κ2) is 6.58. The number of nitrogens with zero attached hydrogens (tertiary/aromatic N) is 3. The largest absolute Gasteiger partial charge is 0.444 e. The van der Waals surface area contributed by atoms with Crippen molar-refractivity contribution in [1.29, 1.82) is 0 Å². The van der Waals surface area contributed by atoms with Crippen LogP contribution < -0.4 is 4.90 Å². The van der Waals surface area contributed by atoms with Crippen molar-refractivity contribution in [1.82, 2.24) is 10.1 Å². The molecule has 0 saturated heterocycles. The third kappa shape index (κ3) is 3.81. The van der Waals surface area contributed by atoms with Crippen molar-refractivity contribution in [2.24, 2.45) is 0 Å². The summed E-state index contributed by atoms with van der Waals surface area (Å²) in [7, 11) is 0. The zero-order chi connectivity index (χ0) is 18.0. The molecule has 1 aliphatic heterocycles. The van der Waals surface area contributed by atoms with Crippen molar-refractivity contribution in [3.05, 3.63) is 47.9 Å². The minimum atomic E-state index is -0.570. The van der Waals surface area contributed by atoms with Crippen molar-refractivity contribution < 1.29 is 18.8 Å². The van der Waals surface area contributed by atoms with E-state index >= 15 is 0 Å². The number of aromatic nitrogens is 1. The lowest BCUT2D eigenvalue weighted by atomic mass is 10.1. The zero-order valence-corrected chi connectivity index (χ0v) is 14.6. The fourth-order valence-electron chi connectivity index (χ4n) is 2.69. The van der Waals surface area contributed by atoms with Crippen LogP contribution in [0.15, 0.2) is 41.1 Å². The van der Waals surface area contributed by atoms with Gasteiger partial charge in [0.05, 0.1) is 6.54 Å². The minimum absolute atomic E-state index is 0.237. The van der Waals surface area contributed by atoms with Crippen LogP contribution in [0.3, 0.4) is 0 Å². The minimum Gasteiger partial charge on any atom is -0.444 e. The Morgan fingerprint density at radius 2 is 1.92 bits per heavy atom. The number of ether oxygens (including phenoxy) is 1. The van der Waals surface area contributed by atoms with E-state index in [9.17, 15) is 9.59 Å². The van der Waals surface area contributed by atoms with E-state index in [1.54, 1.807) is 9.80 Å². The Morgan fingerprint density at radius 1 is 1.16 bits per heavy atom. The maximum atomic E-state index is 12.8. The smallest absolute Gasteiger partial charge is 0.410 e. The number of hydrogen-bond donors (Lipinski definition) is 0. The highest BCUT2D eigenvalue weighted by molar-refractivity contribution is 6.05. The average Bonchev–Trinajstić information content (AvgIpc) is 3.00. The lowest BCUT2D eigenvalue weighted by Crippen LogP contribution is -2.40. The molecule has 0 radical (unpaired) electrons. The molecule has 1 aliphatic rings. The van der Waals surface area contributed by atoms with E-state index in [4.69, 9.17) is 9.26 Å². The van der Waals surface area contributed by atoms with Gasteiger partial charge in [-0.25, -0.2) is 4.79 Å². The van der Waals surface area contributed by atoms with E-state index in [0.717, 1.165) is 11.3 Å². The van der Waals surface area contributed by atoms with Gasteiger partial charge in [0.15, 0.2) is 5.69 Å². The fraction of sp³-hybridized carbons (Fsp3) is 0.389. The van der Waals surface area contributed by atoms with Crippen LogP contribution in [-0.4, -0.2) is 40.7 Å². The van der Waals surface area contributed by atoms with E-state index < -0.39 is 11.7 Å². The first kappa shape index (κ1) is 17.0. The van der Waals surface area contributed by atoms with Gasteiger partial charge in [0.2, 0.25) is 0 Å². The predicted octanol–water partition coefficient (Wildman–Crippen LogP) is 3.07. The van der Waals surface area contributed by atoms with E-state index in [1.165, 1.54) is 12.3 Å². The Labute approximate surface area is 146 Å². The molecule has 0 spiro atoms. The number of para-hydroxylation sites is 1. The van der Waals surface area contributed by atoms with Gasteiger partial charge in [0.1, 0.15) is 11.9 Å². The molecule has 0 fully saturated rings. The first-order valence-corrected chi connectivity index (χ1v) is 8.13. The normalized spacial score (nSPS) is 14.7. The van der Waals surface area contributed by atoms with Crippen molar-refractivity contribution in [2.45, 2.75) is 32.9 Å². The van der Waals surface area contributed by atoms with Crippen LogP contribution in [0.4, 0.5) is 10.5 Å². The molecule has 1 aromatic carbocycles. The number of benzene rings is 1. The maximum absolute atomic E-state index is 12.8. The molecule has 2 heterocycles. The molecule has 2 amide bonds. The molecule has 0 bridgehead atoms. The maximum Gasteiger partial charge on any atom is 0.410 e. The Kier molecular flexibility index (Phi) is 4.48. The molecular weight excluding hydrogens is 322 g/mol. The summed E-state index contributed by atoms with van der Waals surface area (Å²) >= 11 is 0. The van der Waals surface area contributed by atoms with Gasteiger partial charge in [-0.2, -0.15) is 0 Å². The summed E-state index contributed by atoms with van der Waals surface area (Å²) < 4.78 is 10.2. The number of carbonyl (C=O) groups is 2. The van der Waals surface area contributed by atoms with E-state index in [1.807, 2.05) is 45.0 Å². The van der Waals surface area contributed by atoms with Crippen LogP contribution >= 0.6 is 0 Å². The molecule has 25 heavy (non-hydrogen) atoms. The van der Waals surface area contributed by atoms with Gasteiger partial charge in [-0.15, -0.1) is 0 Å². The van der Waals surface area contributed by atoms with Crippen LogP contribution in [-0.2, 0) is 11.3 Å². The van der Waals surface area contributed by atoms with Crippen LogP contribution in [0, 0.1) is 0 Å². The quantitative estimate of drug-likeness (QED) is 0.795. The van der Waals surface area contributed by atoms with Crippen LogP contribution in [0.5, 0.6) is 0 Å². The first-order chi connectivity index (χ1) is 11.8. The van der Waals surface area contributed by atoms with Gasteiger partial charge in [-0.1, -0.05) is 23.4 Å². The molecular formula is C18H21N3O4. The van der Waals surface area contributed by atoms with Crippen LogP contribution in [0.25, 0.3) is 0 Å². The highest BCUT2D eigenvalue weighted by atomic mass is 16.6. The van der Waals surface area contributed by atoms with Crippen LogP contribution in [0.1, 0.15) is 36.8 Å². The number of fused-ring (bicyclic) bond motifs is 1. The second-order valence-electron chi connectivity index (χ2n) is 6.87. The van der Waals surface area contributed by atoms with Gasteiger partial charge in [0, 0.05) is 24.8 Å². The molecule has 0 atom stereocenters. The van der Waals surface area contributed by atoms with Crippen molar-refractivity contribution in [3.8, 4) is 0 Å². The summed E-state index contributed by atoms with van der Waals surface area (Å²) in [4.78, 5) is 28.4. The summed E-state index contributed by atoms with van der Waals surface area (Å²) in [6.07, 6.45) is 0.974. The number of anilines is 1.